The van der Waals surface area contributed by atoms with Crippen molar-refractivity contribution in [1.82, 2.24) is 10.2 Å². The number of unbranched alkanes of at least 4 members (excludes halogenated alkanes) is 1. The molecule has 0 saturated carbocycles. The van der Waals surface area contributed by atoms with Crippen LogP contribution in [0.1, 0.15) is 42.5 Å². The second kappa shape index (κ2) is 7.47. The molecule has 29 heavy (non-hydrogen) atoms. The smallest absolute Gasteiger partial charge is 0.244 e. The summed E-state index contributed by atoms with van der Waals surface area (Å²) in [5, 5.41) is 17.2. The zero-order valence-electron chi connectivity index (χ0n) is 16.5. The summed E-state index contributed by atoms with van der Waals surface area (Å²) in [6.07, 6.45) is 2.74. The number of hydrogen-bond donors (Lipinski definition) is 2. The standard InChI is InChI=1S/C20H22N4O5/c1-4-5-6-12-15-14(11(8-21)19(22)29-20(15)24-23-12)10-7-13(25-2)17-18(16(10)26-3)28-9-27-17/h7,14H,4-6,9,22H2,1-3H3,(H,23,24). The molecule has 3 N–H and O–H groups in total. The van der Waals surface area contributed by atoms with Crippen molar-refractivity contribution in [2.24, 2.45) is 5.73 Å². The quantitative estimate of drug-likeness (QED) is 0.761. The van der Waals surface area contributed by atoms with Crippen LogP contribution in [-0.4, -0.2) is 31.2 Å². The van der Waals surface area contributed by atoms with E-state index in [4.69, 9.17) is 29.4 Å². The van der Waals surface area contributed by atoms with Crippen molar-refractivity contribution in [3.8, 4) is 34.9 Å². The number of aryl methyl sites for hydroxylation is 1. The number of nitrogens with zero attached hydrogens (tertiary/aromatic N) is 2. The van der Waals surface area contributed by atoms with E-state index in [1.54, 1.807) is 20.3 Å². The van der Waals surface area contributed by atoms with Gasteiger partial charge >= 0.3 is 0 Å². The zero-order valence-corrected chi connectivity index (χ0v) is 16.5. The number of hydrogen-bond acceptors (Lipinski definition) is 8. The molecule has 1 aromatic heterocycles. The number of fused-ring (bicyclic) bond motifs is 2. The third kappa shape index (κ3) is 2.88. The Morgan fingerprint density at radius 1 is 1.31 bits per heavy atom. The Balaban J connectivity index is 1.97. The highest BCUT2D eigenvalue weighted by molar-refractivity contribution is 5.69. The van der Waals surface area contributed by atoms with Crippen molar-refractivity contribution in [2.75, 3.05) is 21.0 Å². The topological polar surface area (TPSA) is 125 Å². The first-order chi connectivity index (χ1) is 14.1. The highest BCUT2D eigenvalue weighted by Gasteiger charge is 2.39. The first-order valence-corrected chi connectivity index (χ1v) is 9.33. The largest absolute Gasteiger partial charge is 0.493 e. The summed E-state index contributed by atoms with van der Waals surface area (Å²) >= 11 is 0. The lowest BCUT2D eigenvalue weighted by Crippen LogP contribution is -2.21. The van der Waals surface area contributed by atoms with Crippen LogP contribution in [-0.2, 0) is 6.42 Å². The summed E-state index contributed by atoms with van der Waals surface area (Å²) in [6.45, 7) is 2.17. The molecular weight excluding hydrogens is 376 g/mol. The lowest BCUT2D eigenvalue weighted by atomic mass is 9.82. The Bertz CT molecular complexity index is 1020. The van der Waals surface area contributed by atoms with Crippen LogP contribution in [0.4, 0.5) is 0 Å². The van der Waals surface area contributed by atoms with Gasteiger partial charge in [0.15, 0.2) is 11.5 Å². The molecule has 0 amide bonds. The number of ether oxygens (including phenoxy) is 5. The molecule has 9 nitrogen and oxygen atoms in total. The summed E-state index contributed by atoms with van der Waals surface area (Å²) in [6, 6.07) is 3.98. The first kappa shape index (κ1) is 18.8. The molecule has 2 aliphatic heterocycles. The number of nitrogens with two attached hydrogens (primary N) is 1. The van der Waals surface area contributed by atoms with Crippen LogP contribution in [0.5, 0.6) is 28.9 Å². The molecule has 1 atom stereocenters. The van der Waals surface area contributed by atoms with Gasteiger partial charge in [-0.2, -0.15) is 5.26 Å². The number of allylic oxidation sites excluding steroid dienone is 1. The first-order valence-electron chi connectivity index (χ1n) is 9.33. The molecule has 1 aromatic carbocycles. The number of methoxy groups -OCH3 is 2. The molecule has 0 spiro atoms. The highest BCUT2D eigenvalue weighted by Crippen LogP contribution is 2.55. The van der Waals surface area contributed by atoms with Crippen molar-refractivity contribution in [2.45, 2.75) is 32.1 Å². The van der Waals surface area contributed by atoms with E-state index in [1.165, 1.54) is 0 Å². The van der Waals surface area contributed by atoms with E-state index >= 15 is 0 Å². The maximum atomic E-state index is 9.88. The van der Waals surface area contributed by atoms with Gasteiger partial charge in [-0.15, -0.1) is 5.10 Å². The number of rotatable bonds is 6. The summed E-state index contributed by atoms with van der Waals surface area (Å²) < 4.78 is 28.0. The number of aromatic amines is 1. The van der Waals surface area contributed by atoms with Gasteiger partial charge in [-0.1, -0.05) is 13.3 Å². The SMILES string of the molecule is CCCCc1[nH]nc2c1C(c1cc(OC)c3c(c1OC)OCO3)C(C#N)=C(N)O2. The third-order valence-electron chi connectivity index (χ3n) is 5.12. The van der Waals surface area contributed by atoms with Crippen LogP contribution >= 0.6 is 0 Å². The van der Waals surface area contributed by atoms with E-state index in [1.807, 2.05) is 0 Å². The van der Waals surface area contributed by atoms with Gasteiger partial charge in [0.25, 0.3) is 0 Å². The van der Waals surface area contributed by atoms with Crippen molar-refractivity contribution < 1.29 is 23.7 Å². The van der Waals surface area contributed by atoms with Gasteiger partial charge < -0.3 is 29.4 Å². The van der Waals surface area contributed by atoms with E-state index in [0.29, 0.717) is 34.4 Å². The van der Waals surface area contributed by atoms with Crippen molar-refractivity contribution in [3.05, 3.63) is 34.3 Å². The molecule has 1 unspecified atom stereocenters. The summed E-state index contributed by atoms with van der Waals surface area (Å²) in [4.78, 5) is 0. The van der Waals surface area contributed by atoms with Gasteiger partial charge in [-0.3, -0.25) is 5.10 Å². The fraction of sp³-hybridized carbons (Fsp3) is 0.400. The van der Waals surface area contributed by atoms with Crippen LogP contribution in [0.15, 0.2) is 17.5 Å². The summed E-state index contributed by atoms with van der Waals surface area (Å²) in [7, 11) is 3.09. The molecule has 152 valence electrons. The predicted molar refractivity (Wildman–Crippen MR) is 102 cm³/mol. The minimum Gasteiger partial charge on any atom is -0.493 e. The average molecular weight is 398 g/mol. The molecule has 0 aliphatic carbocycles. The molecule has 4 rings (SSSR count). The predicted octanol–water partition coefficient (Wildman–Crippen LogP) is 2.72. The zero-order chi connectivity index (χ0) is 20.5. The van der Waals surface area contributed by atoms with Crippen molar-refractivity contribution in [3.63, 3.8) is 0 Å². The molecule has 9 heteroatoms. The summed E-state index contributed by atoms with van der Waals surface area (Å²) in [5.74, 6) is 1.66. The number of benzene rings is 1. The Kier molecular flexibility index (Phi) is 4.84. The van der Waals surface area contributed by atoms with Gasteiger partial charge in [0, 0.05) is 11.3 Å². The monoisotopic (exact) mass is 398 g/mol. The van der Waals surface area contributed by atoms with Gasteiger partial charge in [0.2, 0.25) is 30.1 Å². The van der Waals surface area contributed by atoms with E-state index in [2.05, 4.69) is 23.2 Å². The molecular formula is C20H22N4O5. The molecule has 0 radical (unpaired) electrons. The Morgan fingerprint density at radius 2 is 2.10 bits per heavy atom. The molecule has 0 fully saturated rings. The lowest BCUT2D eigenvalue weighted by Gasteiger charge is -2.26. The number of aromatic nitrogens is 2. The lowest BCUT2D eigenvalue weighted by molar-refractivity contribution is 0.168. The number of H-pyrrole nitrogens is 1. The fourth-order valence-corrected chi connectivity index (χ4v) is 3.77. The van der Waals surface area contributed by atoms with E-state index in [0.717, 1.165) is 30.5 Å². The Labute approximate surface area is 167 Å². The summed E-state index contributed by atoms with van der Waals surface area (Å²) in [5.41, 5.74) is 8.67. The molecule has 0 bridgehead atoms. The minimum absolute atomic E-state index is 0.0113. The second-order valence-electron chi connectivity index (χ2n) is 6.72. The van der Waals surface area contributed by atoms with Crippen molar-refractivity contribution >= 4 is 0 Å². The Morgan fingerprint density at radius 3 is 2.79 bits per heavy atom. The van der Waals surface area contributed by atoms with Gasteiger partial charge in [-0.25, -0.2) is 0 Å². The highest BCUT2D eigenvalue weighted by atomic mass is 16.7. The van der Waals surface area contributed by atoms with Gasteiger partial charge in [0.05, 0.1) is 25.7 Å². The fourth-order valence-electron chi connectivity index (χ4n) is 3.77. The van der Waals surface area contributed by atoms with Gasteiger partial charge in [0.1, 0.15) is 11.6 Å². The average Bonchev–Trinajstić information content (AvgIpc) is 3.37. The normalized spacial score (nSPS) is 16.8. The molecule has 3 heterocycles. The maximum absolute atomic E-state index is 9.88. The van der Waals surface area contributed by atoms with Crippen molar-refractivity contribution in [1.29, 1.82) is 5.26 Å². The molecule has 0 saturated heterocycles. The van der Waals surface area contributed by atoms with Crippen LogP contribution in [0.3, 0.4) is 0 Å². The second-order valence-corrected chi connectivity index (χ2v) is 6.72. The number of nitriles is 1. The number of nitrogens with one attached hydrogen (secondary N) is 1. The maximum Gasteiger partial charge on any atom is 0.244 e. The van der Waals surface area contributed by atoms with Crippen LogP contribution < -0.4 is 29.4 Å². The molecule has 2 aliphatic rings. The van der Waals surface area contributed by atoms with E-state index in [-0.39, 0.29) is 18.2 Å². The Hall–Kier alpha value is -3.54. The minimum atomic E-state index is -0.548. The van der Waals surface area contributed by atoms with Gasteiger partial charge in [-0.05, 0) is 18.9 Å². The van der Waals surface area contributed by atoms with Crippen LogP contribution in [0, 0.1) is 11.3 Å². The molecule has 2 aromatic rings. The van der Waals surface area contributed by atoms with E-state index < -0.39 is 5.92 Å². The van der Waals surface area contributed by atoms with Crippen LogP contribution in [0.25, 0.3) is 0 Å². The third-order valence-corrected chi connectivity index (χ3v) is 5.12. The van der Waals surface area contributed by atoms with E-state index in [9.17, 15) is 5.26 Å². The van der Waals surface area contributed by atoms with Crippen LogP contribution in [0.2, 0.25) is 0 Å².